The second-order valence-electron chi connectivity index (χ2n) is 3.77. The van der Waals surface area contributed by atoms with E-state index < -0.39 is 0 Å². The lowest BCUT2D eigenvalue weighted by molar-refractivity contribution is 0.0795. The molecule has 3 nitrogen and oxygen atoms in total. The molecule has 88 valence electrons. The summed E-state index contributed by atoms with van der Waals surface area (Å²) in [5.41, 5.74) is 1.94. The van der Waals surface area contributed by atoms with Gasteiger partial charge in [0, 0.05) is 23.7 Å². The molecule has 0 saturated carbocycles. The molecule has 0 aliphatic heterocycles. The van der Waals surface area contributed by atoms with E-state index in [2.05, 4.69) is 27.9 Å². The molecular weight excluding hydrogens is 315 g/mol. The van der Waals surface area contributed by atoms with Crippen molar-refractivity contribution in [2.45, 2.75) is 6.92 Å². The van der Waals surface area contributed by atoms with Crippen LogP contribution in [-0.2, 0) is 0 Å². The Morgan fingerprint density at radius 1 is 1.50 bits per heavy atom. The van der Waals surface area contributed by atoms with E-state index in [1.165, 1.54) is 0 Å². The van der Waals surface area contributed by atoms with Gasteiger partial charge in [-0.25, -0.2) is 0 Å². The number of benzene rings is 1. The van der Waals surface area contributed by atoms with Crippen LogP contribution in [0, 0.1) is 10.5 Å². The minimum absolute atomic E-state index is 0.0864. The third kappa shape index (κ3) is 3.18. The van der Waals surface area contributed by atoms with Gasteiger partial charge >= 0.3 is 0 Å². The average molecular weight is 332 g/mol. The Hall–Kier alpha value is -0.620. The first kappa shape index (κ1) is 13.4. The van der Waals surface area contributed by atoms with Crippen LogP contribution in [0.4, 0.5) is 0 Å². The van der Waals surface area contributed by atoms with E-state index in [4.69, 9.17) is 0 Å². The van der Waals surface area contributed by atoms with Crippen molar-refractivity contribution in [3.05, 3.63) is 32.9 Å². The normalized spacial score (nSPS) is 10.2. The number of nitrogens with zero attached hydrogens (tertiary/aromatic N) is 1. The van der Waals surface area contributed by atoms with Crippen LogP contribution >= 0.6 is 22.6 Å². The number of rotatable bonds is 4. The molecule has 0 aliphatic carbocycles. The molecule has 4 heteroatoms. The molecule has 0 saturated heterocycles. The average Bonchev–Trinajstić information content (AvgIpc) is 2.28. The monoisotopic (exact) mass is 332 g/mol. The Bertz CT molecular complexity index is 379. The van der Waals surface area contributed by atoms with Crippen LogP contribution < -0.4 is 5.32 Å². The number of hydrogen-bond acceptors (Lipinski definition) is 2. The molecule has 0 fully saturated rings. The first-order valence-corrected chi connectivity index (χ1v) is 6.31. The molecule has 1 amide bonds. The third-order valence-corrected chi connectivity index (χ3v) is 3.90. The van der Waals surface area contributed by atoms with Crippen molar-refractivity contribution < 1.29 is 4.79 Å². The molecular formula is C12H17IN2O. The summed E-state index contributed by atoms with van der Waals surface area (Å²) in [6.07, 6.45) is 0. The molecule has 0 spiro atoms. The Balaban J connectivity index is 2.84. The smallest absolute Gasteiger partial charge is 0.254 e. The van der Waals surface area contributed by atoms with Crippen molar-refractivity contribution in [1.82, 2.24) is 10.2 Å². The zero-order chi connectivity index (χ0) is 12.1. The molecule has 1 N–H and O–H groups in total. The van der Waals surface area contributed by atoms with Crippen LogP contribution in [0.2, 0.25) is 0 Å². The molecule has 0 aliphatic rings. The van der Waals surface area contributed by atoms with Crippen molar-refractivity contribution in [2.24, 2.45) is 0 Å². The fraction of sp³-hybridized carbons (Fsp3) is 0.417. The van der Waals surface area contributed by atoms with Crippen molar-refractivity contribution in [3.8, 4) is 0 Å². The number of carbonyl (C=O) groups excluding carboxylic acids is 1. The Labute approximate surface area is 110 Å². The maximum absolute atomic E-state index is 12.1. The molecule has 0 radical (unpaired) electrons. The van der Waals surface area contributed by atoms with Gasteiger partial charge in [-0.1, -0.05) is 12.1 Å². The fourth-order valence-electron chi connectivity index (χ4n) is 1.40. The zero-order valence-electron chi connectivity index (χ0n) is 9.88. The summed E-state index contributed by atoms with van der Waals surface area (Å²) in [6.45, 7) is 3.55. The minimum Gasteiger partial charge on any atom is -0.340 e. The summed E-state index contributed by atoms with van der Waals surface area (Å²) in [6, 6.07) is 5.83. The van der Waals surface area contributed by atoms with E-state index in [1.54, 1.807) is 4.90 Å². The van der Waals surface area contributed by atoms with Crippen LogP contribution in [-0.4, -0.2) is 38.0 Å². The maximum atomic E-state index is 12.1. The van der Waals surface area contributed by atoms with Gasteiger partial charge in [-0.2, -0.15) is 0 Å². The van der Waals surface area contributed by atoms with Crippen LogP contribution in [0.5, 0.6) is 0 Å². The second kappa shape index (κ2) is 6.20. The van der Waals surface area contributed by atoms with Gasteiger partial charge in [-0.15, -0.1) is 0 Å². The molecule has 0 atom stereocenters. The minimum atomic E-state index is 0.0864. The van der Waals surface area contributed by atoms with Crippen LogP contribution in [0.15, 0.2) is 18.2 Å². The SMILES string of the molecule is CNCCN(C)C(=O)c1cccc(C)c1I. The predicted octanol–water partition coefficient (Wildman–Crippen LogP) is 1.89. The highest BCUT2D eigenvalue weighted by Crippen LogP contribution is 2.17. The lowest BCUT2D eigenvalue weighted by Gasteiger charge is -2.18. The molecule has 0 aromatic heterocycles. The summed E-state index contributed by atoms with van der Waals surface area (Å²) in [4.78, 5) is 13.9. The van der Waals surface area contributed by atoms with Crippen molar-refractivity contribution in [2.75, 3.05) is 27.2 Å². The van der Waals surface area contributed by atoms with Gasteiger partial charge in [0.05, 0.1) is 5.56 Å². The molecule has 1 rings (SSSR count). The number of hydrogen-bond donors (Lipinski definition) is 1. The number of nitrogens with one attached hydrogen (secondary N) is 1. The molecule has 0 bridgehead atoms. The van der Waals surface area contributed by atoms with Crippen LogP contribution in [0.25, 0.3) is 0 Å². The third-order valence-electron chi connectivity index (χ3n) is 2.47. The standard InChI is InChI=1S/C12H17IN2O/c1-9-5-4-6-10(11(9)13)12(16)15(3)8-7-14-2/h4-6,14H,7-8H2,1-3H3. The highest BCUT2D eigenvalue weighted by Gasteiger charge is 2.14. The van der Waals surface area contributed by atoms with Gasteiger partial charge in [0.2, 0.25) is 0 Å². The van der Waals surface area contributed by atoms with Crippen LogP contribution in [0.1, 0.15) is 15.9 Å². The Morgan fingerprint density at radius 3 is 2.81 bits per heavy atom. The van der Waals surface area contributed by atoms with Gasteiger partial charge < -0.3 is 10.2 Å². The molecule has 0 heterocycles. The largest absolute Gasteiger partial charge is 0.340 e. The van der Waals surface area contributed by atoms with E-state index >= 15 is 0 Å². The lowest BCUT2D eigenvalue weighted by Crippen LogP contribution is -2.33. The highest BCUT2D eigenvalue weighted by molar-refractivity contribution is 14.1. The van der Waals surface area contributed by atoms with E-state index in [0.29, 0.717) is 0 Å². The molecule has 0 unspecified atom stereocenters. The van der Waals surface area contributed by atoms with Crippen molar-refractivity contribution >= 4 is 28.5 Å². The molecule has 16 heavy (non-hydrogen) atoms. The van der Waals surface area contributed by atoms with E-state index in [1.807, 2.05) is 39.2 Å². The molecule has 1 aromatic rings. The summed E-state index contributed by atoms with van der Waals surface area (Å²) in [7, 11) is 3.72. The van der Waals surface area contributed by atoms with E-state index in [9.17, 15) is 4.79 Å². The van der Waals surface area contributed by atoms with Crippen molar-refractivity contribution in [1.29, 1.82) is 0 Å². The van der Waals surface area contributed by atoms with Gasteiger partial charge in [0.1, 0.15) is 0 Å². The lowest BCUT2D eigenvalue weighted by atomic mass is 10.1. The molecule has 1 aromatic carbocycles. The first-order valence-electron chi connectivity index (χ1n) is 5.23. The second-order valence-corrected chi connectivity index (χ2v) is 4.85. The van der Waals surface area contributed by atoms with Gasteiger partial charge in [-0.3, -0.25) is 4.79 Å². The van der Waals surface area contributed by atoms with Crippen molar-refractivity contribution in [3.63, 3.8) is 0 Å². The van der Waals surface area contributed by atoms with Crippen LogP contribution in [0.3, 0.4) is 0 Å². The number of carbonyl (C=O) groups is 1. The summed E-state index contributed by atoms with van der Waals surface area (Å²) >= 11 is 2.23. The Morgan fingerprint density at radius 2 is 2.19 bits per heavy atom. The Kier molecular flexibility index (Phi) is 5.21. The number of halogens is 1. The maximum Gasteiger partial charge on any atom is 0.254 e. The highest BCUT2D eigenvalue weighted by atomic mass is 127. The quantitative estimate of drug-likeness (QED) is 0.854. The zero-order valence-corrected chi connectivity index (χ0v) is 12.0. The number of amides is 1. The topological polar surface area (TPSA) is 32.3 Å². The number of likely N-dealkylation sites (N-methyl/N-ethyl adjacent to an activating group) is 2. The predicted molar refractivity (Wildman–Crippen MR) is 74.8 cm³/mol. The number of aryl methyl sites for hydroxylation is 1. The van der Waals surface area contributed by atoms with Gasteiger partial charge in [-0.05, 0) is 48.2 Å². The summed E-state index contributed by atoms with van der Waals surface area (Å²) in [5.74, 6) is 0.0864. The van der Waals surface area contributed by atoms with E-state index in [-0.39, 0.29) is 5.91 Å². The fourth-order valence-corrected chi connectivity index (χ4v) is 1.99. The van der Waals surface area contributed by atoms with E-state index in [0.717, 1.165) is 27.8 Å². The summed E-state index contributed by atoms with van der Waals surface area (Å²) in [5, 5.41) is 3.04. The van der Waals surface area contributed by atoms with Gasteiger partial charge in [0.25, 0.3) is 5.91 Å². The van der Waals surface area contributed by atoms with Gasteiger partial charge in [0.15, 0.2) is 0 Å². The summed E-state index contributed by atoms with van der Waals surface area (Å²) < 4.78 is 1.04. The first-order chi connectivity index (χ1) is 7.57.